The van der Waals surface area contributed by atoms with Crippen LogP contribution in [0.1, 0.15) is 45.6 Å². The average Bonchev–Trinajstić information content (AvgIpc) is 2.85. The molecule has 0 saturated carbocycles. The number of hydrogen-bond donors (Lipinski definition) is 2. The van der Waals surface area contributed by atoms with Crippen molar-refractivity contribution in [2.75, 3.05) is 0 Å². The van der Waals surface area contributed by atoms with E-state index in [1.165, 1.54) is 4.90 Å². The Morgan fingerprint density at radius 1 is 1.27 bits per heavy atom. The molecule has 0 bridgehead atoms. The highest BCUT2D eigenvalue weighted by Crippen LogP contribution is 2.34. The molecule has 140 valence electrons. The lowest BCUT2D eigenvalue weighted by atomic mass is 9.94. The molecule has 1 aromatic rings. The molecular weight excluding hydrogens is 330 g/mol. The minimum absolute atomic E-state index is 0.0741. The van der Waals surface area contributed by atoms with Crippen LogP contribution in [0.15, 0.2) is 47.7 Å². The zero-order valence-electron chi connectivity index (χ0n) is 15.6. The molecule has 26 heavy (non-hydrogen) atoms. The summed E-state index contributed by atoms with van der Waals surface area (Å²) in [5.41, 5.74) is 1.53. The molecule has 0 aliphatic carbocycles. The summed E-state index contributed by atoms with van der Waals surface area (Å²) in [7, 11) is 0. The summed E-state index contributed by atoms with van der Waals surface area (Å²) < 4.78 is 0. The van der Waals surface area contributed by atoms with E-state index in [2.05, 4.69) is 0 Å². The Morgan fingerprint density at radius 3 is 2.46 bits per heavy atom. The van der Waals surface area contributed by atoms with E-state index >= 15 is 0 Å². The van der Waals surface area contributed by atoms with Crippen molar-refractivity contribution in [3.05, 3.63) is 53.3 Å². The second kappa shape index (κ2) is 8.70. The average molecular weight is 357 g/mol. The SMILES string of the molecule is CCCCC(C(=O)O)N1C(=O)C(O)=C(C(C)C)C1C=Cc1ccccc1. The van der Waals surface area contributed by atoms with Crippen LogP contribution in [-0.2, 0) is 9.59 Å². The van der Waals surface area contributed by atoms with E-state index in [0.29, 0.717) is 18.4 Å². The van der Waals surface area contributed by atoms with Gasteiger partial charge >= 0.3 is 5.97 Å². The lowest BCUT2D eigenvalue weighted by Gasteiger charge is -2.31. The lowest BCUT2D eigenvalue weighted by molar-refractivity contribution is -0.149. The Hall–Kier alpha value is -2.56. The summed E-state index contributed by atoms with van der Waals surface area (Å²) in [6.07, 6.45) is 5.59. The molecule has 2 unspecified atom stereocenters. The van der Waals surface area contributed by atoms with Crippen LogP contribution in [0.2, 0.25) is 0 Å². The van der Waals surface area contributed by atoms with Crippen LogP contribution in [0.3, 0.4) is 0 Å². The molecule has 5 heteroatoms. The highest BCUT2D eigenvalue weighted by atomic mass is 16.4. The van der Waals surface area contributed by atoms with Crippen molar-refractivity contribution < 1.29 is 19.8 Å². The largest absolute Gasteiger partial charge is 0.503 e. The number of rotatable bonds is 8. The minimum atomic E-state index is -1.04. The number of carbonyl (C=O) groups is 2. The van der Waals surface area contributed by atoms with Gasteiger partial charge in [0.05, 0.1) is 6.04 Å². The lowest BCUT2D eigenvalue weighted by Crippen LogP contribution is -2.47. The summed E-state index contributed by atoms with van der Waals surface area (Å²) >= 11 is 0. The molecule has 2 N–H and O–H groups in total. The quantitative estimate of drug-likeness (QED) is 0.736. The monoisotopic (exact) mass is 357 g/mol. The highest BCUT2D eigenvalue weighted by molar-refractivity contribution is 5.98. The van der Waals surface area contributed by atoms with Crippen LogP contribution in [-0.4, -0.2) is 39.1 Å². The summed E-state index contributed by atoms with van der Waals surface area (Å²) in [6.45, 7) is 5.77. The van der Waals surface area contributed by atoms with Crippen LogP contribution in [0.25, 0.3) is 6.08 Å². The van der Waals surface area contributed by atoms with Gasteiger partial charge in [0, 0.05) is 5.57 Å². The molecule has 0 spiro atoms. The standard InChI is InChI=1S/C21H27NO4/c1-4-5-11-17(21(25)26)22-16(13-12-15-9-7-6-8-10-15)18(14(2)3)19(23)20(22)24/h6-10,12-14,16-17,23H,4-5,11H2,1-3H3,(H,25,26). The first-order valence-corrected chi connectivity index (χ1v) is 9.10. The van der Waals surface area contributed by atoms with Crippen LogP contribution >= 0.6 is 0 Å². The Morgan fingerprint density at radius 2 is 1.92 bits per heavy atom. The van der Waals surface area contributed by atoms with Gasteiger partial charge in [-0.2, -0.15) is 0 Å². The molecule has 0 saturated heterocycles. The predicted octanol–water partition coefficient (Wildman–Crippen LogP) is 4.02. The molecule has 0 fully saturated rings. The van der Waals surface area contributed by atoms with Crippen molar-refractivity contribution in [3.8, 4) is 0 Å². The molecular formula is C21H27NO4. The van der Waals surface area contributed by atoms with Gasteiger partial charge in [0.25, 0.3) is 5.91 Å². The van der Waals surface area contributed by atoms with Crippen LogP contribution in [0, 0.1) is 5.92 Å². The molecule has 1 amide bonds. The van der Waals surface area contributed by atoms with Gasteiger partial charge in [0.2, 0.25) is 0 Å². The van der Waals surface area contributed by atoms with Crippen LogP contribution < -0.4 is 0 Å². The van der Waals surface area contributed by atoms with Crippen molar-refractivity contribution >= 4 is 18.0 Å². The number of benzene rings is 1. The number of aliphatic hydroxyl groups is 1. The number of hydrogen-bond acceptors (Lipinski definition) is 3. The van der Waals surface area contributed by atoms with Gasteiger partial charge in [-0.05, 0) is 17.9 Å². The smallest absolute Gasteiger partial charge is 0.326 e. The van der Waals surface area contributed by atoms with Crippen molar-refractivity contribution in [3.63, 3.8) is 0 Å². The van der Waals surface area contributed by atoms with Crippen LogP contribution in [0.4, 0.5) is 0 Å². The van der Waals surface area contributed by atoms with Gasteiger partial charge in [-0.1, -0.05) is 76.1 Å². The molecule has 1 aromatic carbocycles. The number of aliphatic hydroxyl groups excluding tert-OH is 1. The number of unbranched alkanes of at least 4 members (excludes halogenated alkanes) is 1. The third-order valence-electron chi connectivity index (χ3n) is 4.67. The van der Waals surface area contributed by atoms with Gasteiger partial charge in [-0.25, -0.2) is 4.79 Å². The normalized spacial score (nSPS) is 19.0. The zero-order valence-corrected chi connectivity index (χ0v) is 15.6. The topological polar surface area (TPSA) is 77.8 Å². The van der Waals surface area contributed by atoms with Gasteiger partial charge in [0.1, 0.15) is 6.04 Å². The van der Waals surface area contributed by atoms with Crippen molar-refractivity contribution in [2.24, 2.45) is 5.92 Å². The molecule has 5 nitrogen and oxygen atoms in total. The molecule has 1 aliphatic rings. The fourth-order valence-electron chi connectivity index (χ4n) is 3.35. The van der Waals surface area contributed by atoms with Crippen molar-refractivity contribution in [1.82, 2.24) is 4.90 Å². The van der Waals surface area contributed by atoms with E-state index in [1.54, 1.807) is 0 Å². The van der Waals surface area contributed by atoms with Crippen molar-refractivity contribution in [1.29, 1.82) is 0 Å². The number of carbonyl (C=O) groups excluding carboxylic acids is 1. The van der Waals surface area contributed by atoms with Crippen molar-refractivity contribution in [2.45, 2.75) is 52.1 Å². The van der Waals surface area contributed by atoms with Crippen LogP contribution in [0.5, 0.6) is 0 Å². The number of carboxylic acid groups (broad SMARTS) is 1. The van der Waals surface area contributed by atoms with E-state index < -0.39 is 24.0 Å². The van der Waals surface area contributed by atoms with E-state index in [4.69, 9.17) is 0 Å². The first-order chi connectivity index (χ1) is 12.4. The second-order valence-corrected chi connectivity index (χ2v) is 6.88. The predicted molar refractivity (Wildman–Crippen MR) is 102 cm³/mol. The Labute approximate surface area is 154 Å². The summed E-state index contributed by atoms with van der Waals surface area (Å²) in [5.74, 6) is -2.02. The first-order valence-electron chi connectivity index (χ1n) is 9.10. The maximum atomic E-state index is 12.7. The fraction of sp³-hybridized carbons (Fsp3) is 0.429. The third kappa shape index (κ3) is 4.15. The van der Waals surface area contributed by atoms with Gasteiger partial charge in [-0.15, -0.1) is 0 Å². The Kier molecular flexibility index (Phi) is 6.61. The molecule has 0 aromatic heterocycles. The third-order valence-corrected chi connectivity index (χ3v) is 4.67. The van der Waals surface area contributed by atoms with Gasteiger partial charge in [0.15, 0.2) is 5.76 Å². The summed E-state index contributed by atoms with van der Waals surface area (Å²) in [6, 6.07) is 8.10. The van der Waals surface area contributed by atoms with E-state index in [9.17, 15) is 19.8 Å². The Bertz CT molecular complexity index is 706. The first kappa shape index (κ1) is 19.8. The zero-order chi connectivity index (χ0) is 19.3. The van der Waals surface area contributed by atoms with E-state index in [0.717, 1.165) is 12.0 Å². The molecule has 2 rings (SSSR count). The summed E-state index contributed by atoms with van der Waals surface area (Å²) in [5, 5.41) is 20.1. The minimum Gasteiger partial charge on any atom is -0.503 e. The Balaban J connectivity index is 2.42. The van der Waals surface area contributed by atoms with E-state index in [1.807, 2.05) is 63.3 Å². The maximum absolute atomic E-state index is 12.7. The fourth-order valence-corrected chi connectivity index (χ4v) is 3.35. The van der Waals surface area contributed by atoms with Gasteiger partial charge in [-0.3, -0.25) is 4.79 Å². The maximum Gasteiger partial charge on any atom is 0.326 e. The van der Waals surface area contributed by atoms with Gasteiger partial charge < -0.3 is 15.1 Å². The molecule has 2 atom stereocenters. The second-order valence-electron chi connectivity index (χ2n) is 6.88. The summed E-state index contributed by atoms with van der Waals surface area (Å²) in [4.78, 5) is 25.8. The number of aliphatic carboxylic acids is 1. The number of amides is 1. The molecule has 0 radical (unpaired) electrons. The molecule has 1 heterocycles. The van der Waals surface area contributed by atoms with E-state index in [-0.39, 0.29) is 11.7 Å². The number of nitrogens with zero attached hydrogens (tertiary/aromatic N) is 1. The molecule has 1 aliphatic heterocycles. The highest BCUT2D eigenvalue weighted by Gasteiger charge is 2.44. The number of carboxylic acids is 1.